The van der Waals surface area contributed by atoms with Gasteiger partial charge in [0.2, 0.25) is 5.91 Å². The van der Waals surface area contributed by atoms with E-state index in [0.717, 1.165) is 76.1 Å². The highest BCUT2D eigenvalue weighted by molar-refractivity contribution is 8.76. The number of carbonyl (C=O) groups is 3. The van der Waals surface area contributed by atoms with E-state index in [0.29, 0.717) is 43.6 Å². The number of rotatable bonds is 9. The Kier molecular flexibility index (Phi) is 13.3. The van der Waals surface area contributed by atoms with Gasteiger partial charge in [0.05, 0.1) is 38.2 Å². The van der Waals surface area contributed by atoms with Gasteiger partial charge in [-0.25, -0.2) is 4.79 Å². The molecule has 12 nitrogen and oxygen atoms in total. The molecule has 8 aliphatic rings. The van der Waals surface area contributed by atoms with Crippen molar-refractivity contribution < 1.29 is 49.4 Å². The fourth-order valence-electron chi connectivity index (χ4n) is 13.8. The second-order valence-electron chi connectivity index (χ2n) is 20.0. The first-order chi connectivity index (χ1) is 28.4. The highest BCUT2D eigenvalue weighted by Gasteiger charge is 2.69. The van der Waals surface area contributed by atoms with Crippen LogP contribution in [0.1, 0.15) is 97.8 Å². The number of carbonyl (C=O) groups excluding carboxylic acids is 3. The maximum atomic E-state index is 14.3. The van der Waals surface area contributed by atoms with Gasteiger partial charge in [0, 0.05) is 80.3 Å². The van der Waals surface area contributed by atoms with Crippen LogP contribution in [0, 0.1) is 52.8 Å². The molecule has 1 amide bonds. The Hall–Kier alpha value is -1.65. The molecule has 3 aliphatic carbocycles. The van der Waals surface area contributed by atoms with E-state index < -0.39 is 11.2 Å². The monoisotopic (exact) mass is 860 g/mol. The SMILES string of the molecule is CC=C(C)C(=O)O[C@@]1(C)CC=C2CSSC[C@H]3[C@@H](C[NH2+]C)CN3C(=O)CC3C[NH2+]C(N)CC3[C@H]2[C@@]12CC1CC3CC(C4([C@H](CO)CCO)CCCC4)C(=O)OC3CC1O2. The van der Waals surface area contributed by atoms with Gasteiger partial charge < -0.3 is 40.0 Å². The molecule has 0 aromatic rings. The summed E-state index contributed by atoms with van der Waals surface area (Å²) in [5.74, 6) is 1.89. The van der Waals surface area contributed by atoms with Gasteiger partial charge in [-0.05, 0) is 88.4 Å². The van der Waals surface area contributed by atoms with E-state index in [2.05, 4.69) is 35.6 Å². The quantitative estimate of drug-likeness (QED) is 0.0996. The van der Waals surface area contributed by atoms with Crippen molar-refractivity contribution >= 4 is 39.4 Å². The van der Waals surface area contributed by atoms with Crippen LogP contribution in [0.4, 0.5) is 0 Å². The van der Waals surface area contributed by atoms with E-state index in [1.165, 1.54) is 5.57 Å². The summed E-state index contributed by atoms with van der Waals surface area (Å²) in [6.45, 7) is 8.32. The lowest BCUT2D eigenvalue weighted by molar-refractivity contribution is -0.706. The predicted octanol–water partition coefficient (Wildman–Crippen LogP) is 2.53. The average molecular weight is 861 g/mol. The predicted molar refractivity (Wildman–Crippen MR) is 227 cm³/mol. The molecule has 14 atom stereocenters. The van der Waals surface area contributed by atoms with Crippen LogP contribution in [0.3, 0.4) is 0 Å². The number of nitrogens with zero attached hydrogens (tertiary/aromatic N) is 1. The summed E-state index contributed by atoms with van der Waals surface area (Å²) in [6.07, 6.45) is 12.5. The standard InChI is InChI=1S/C45H70N4O8S2/c1-5-26(2)41(53)57-43(3)12-8-27-24-58-59-25-35-31(20-47-4)22-49(35)39(52)16-30-21-48-38(46)17-33(30)40(27)45(43)19-29-14-28-15-34(42(54)55-36(28)18-37(29)56-45)44(10-6-7-11-44)32(23-51)9-13-50/h5,8,28-38,40,47-48,50-51H,6-7,9-25,46H2,1-4H3/p+2/t28?,29?,30?,31-,32-,33?,34?,35-,36?,37?,38?,40-,43-,45-/m0/s1. The van der Waals surface area contributed by atoms with Crippen LogP contribution >= 0.6 is 21.6 Å². The second-order valence-corrected chi connectivity index (χ2v) is 22.5. The molecular formula is C45H72N4O8S2+2. The Morgan fingerprint density at radius 2 is 1.93 bits per heavy atom. The third kappa shape index (κ3) is 7.88. The van der Waals surface area contributed by atoms with Crippen LogP contribution in [0.5, 0.6) is 0 Å². The number of allylic oxidation sites excluding steroid dienone is 1. The lowest BCUT2D eigenvalue weighted by Gasteiger charge is -2.56. The number of hydrogen-bond acceptors (Lipinski definition) is 11. The lowest BCUT2D eigenvalue weighted by atomic mass is 9.55. The molecule has 14 heteroatoms. The molecule has 8 unspecified atom stereocenters. The molecule has 0 bridgehead atoms. The number of amides is 1. The summed E-state index contributed by atoms with van der Waals surface area (Å²) >= 11 is 0. The largest absolute Gasteiger partial charge is 0.462 e. The first kappa shape index (κ1) is 44.0. The van der Waals surface area contributed by atoms with Crippen LogP contribution in [0.25, 0.3) is 0 Å². The number of esters is 2. The molecule has 7 fully saturated rings. The van der Waals surface area contributed by atoms with Gasteiger partial charge in [0.15, 0.2) is 0 Å². The van der Waals surface area contributed by atoms with E-state index in [1.54, 1.807) is 13.0 Å². The van der Waals surface area contributed by atoms with Crippen LogP contribution in [-0.4, -0.2) is 120 Å². The van der Waals surface area contributed by atoms with Crippen molar-refractivity contribution in [3.63, 3.8) is 0 Å². The van der Waals surface area contributed by atoms with E-state index in [-0.39, 0.29) is 102 Å². The molecular weight excluding hydrogens is 789 g/mol. The average Bonchev–Trinajstić information content (AvgIpc) is 3.85. The van der Waals surface area contributed by atoms with Gasteiger partial charge in [0.25, 0.3) is 0 Å². The molecule has 5 aliphatic heterocycles. The highest BCUT2D eigenvalue weighted by Crippen LogP contribution is 2.63. The van der Waals surface area contributed by atoms with Crippen molar-refractivity contribution in [3.8, 4) is 0 Å². The van der Waals surface area contributed by atoms with Crippen LogP contribution in [0.2, 0.25) is 0 Å². The van der Waals surface area contributed by atoms with E-state index in [4.69, 9.17) is 19.9 Å². The van der Waals surface area contributed by atoms with Crippen molar-refractivity contribution in [1.82, 2.24) is 4.90 Å². The minimum Gasteiger partial charge on any atom is -0.462 e. The van der Waals surface area contributed by atoms with E-state index in [9.17, 15) is 24.6 Å². The highest BCUT2D eigenvalue weighted by atomic mass is 33.1. The normalized spacial score (nSPS) is 42.7. The number of aliphatic hydroxyl groups excluding tert-OH is 2. The topological polar surface area (TPSA) is 182 Å². The number of ether oxygens (including phenoxy) is 3. The van der Waals surface area contributed by atoms with Gasteiger partial charge in [0.1, 0.15) is 23.5 Å². The zero-order chi connectivity index (χ0) is 41.7. The summed E-state index contributed by atoms with van der Waals surface area (Å²) in [6, 6.07) is 0.259. The maximum Gasteiger partial charge on any atom is 0.334 e. The van der Waals surface area contributed by atoms with Gasteiger partial charge in [-0.2, -0.15) is 0 Å². The molecule has 5 heterocycles. The summed E-state index contributed by atoms with van der Waals surface area (Å²) in [5.41, 5.74) is 6.52. The van der Waals surface area contributed by atoms with Gasteiger partial charge >= 0.3 is 11.9 Å². The van der Waals surface area contributed by atoms with Gasteiger partial charge in [-0.3, -0.25) is 15.3 Å². The molecule has 5 saturated heterocycles. The molecule has 0 radical (unpaired) electrons. The minimum atomic E-state index is -0.988. The Morgan fingerprint density at radius 1 is 1.14 bits per heavy atom. The summed E-state index contributed by atoms with van der Waals surface area (Å²) in [7, 11) is 5.86. The Balaban J connectivity index is 1.14. The first-order valence-electron chi connectivity index (χ1n) is 23.0. The summed E-state index contributed by atoms with van der Waals surface area (Å²) < 4.78 is 20.9. The third-order valence-electron chi connectivity index (χ3n) is 17.0. The van der Waals surface area contributed by atoms with E-state index >= 15 is 0 Å². The molecule has 8 N–H and O–H groups in total. The Morgan fingerprint density at radius 3 is 2.66 bits per heavy atom. The minimum absolute atomic E-state index is 0.00825. The van der Waals surface area contributed by atoms with Crippen LogP contribution in [-0.2, 0) is 28.6 Å². The van der Waals surface area contributed by atoms with Gasteiger partial charge in [-0.1, -0.05) is 52.2 Å². The second kappa shape index (κ2) is 17.8. The molecule has 1 spiro atoms. The Bertz CT molecular complexity index is 1640. The number of piperidine rings is 1. The summed E-state index contributed by atoms with van der Waals surface area (Å²) in [4.78, 5) is 44.5. The smallest absolute Gasteiger partial charge is 0.334 e. The lowest BCUT2D eigenvalue weighted by Crippen LogP contribution is -2.96. The number of fused-ring (bicyclic) bond motifs is 7. The van der Waals surface area contributed by atoms with Crippen LogP contribution < -0.4 is 16.4 Å². The molecule has 0 aromatic carbocycles. The first-order valence-corrected chi connectivity index (χ1v) is 25.4. The molecule has 330 valence electrons. The number of hydrogen-bond donors (Lipinski definition) is 5. The van der Waals surface area contributed by atoms with Crippen molar-refractivity contribution in [2.45, 2.75) is 133 Å². The molecule has 0 aromatic heterocycles. The number of aliphatic hydroxyl groups is 2. The Labute approximate surface area is 359 Å². The molecule has 2 saturated carbocycles. The van der Waals surface area contributed by atoms with Crippen LogP contribution in [0.15, 0.2) is 23.3 Å². The number of nitrogens with two attached hydrogens (primary N) is 3. The zero-order valence-electron chi connectivity index (χ0n) is 35.9. The fraction of sp³-hybridized carbons (Fsp3) is 0.844. The molecule has 59 heavy (non-hydrogen) atoms. The van der Waals surface area contributed by atoms with Crippen molar-refractivity contribution in [3.05, 3.63) is 23.3 Å². The molecule has 8 rings (SSSR count). The van der Waals surface area contributed by atoms with E-state index in [1.807, 2.05) is 28.5 Å². The third-order valence-corrected chi connectivity index (χ3v) is 19.4. The van der Waals surface area contributed by atoms with Gasteiger partial charge in [-0.15, -0.1) is 0 Å². The van der Waals surface area contributed by atoms with Crippen molar-refractivity contribution in [2.75, 3.05) is 51.4 Å². The summed E-state index contributed by atoms with van der Waals surface area (Å²) in [5, 5.41) is 25.0. The zero-order valence-corrected chi connectivity index (χ0v) is 37.5. The maximum absolute atomic E-state index is 14.3. The number of quaternary nitrogens is 2. The fourth-order valence-corrected chi connectivity index (χ4v) is 16.3. The van der Waals surface area contributed by atoms with Crippen molar-refractivity contribution in [2.24, 2.45) is 58.5 Å². The van der Waals surface area contributed by atoms with Crippen molar-refractivity contribution in [1.29, 1.82) is 0 Å².